The first kappa shape index (κ1) is 14.3. The summed E-state index contributed by atoms with van der Waals surface area (Å²) in [5, 5.41) is 17.6. The van der Waals surface area contributed by atoms with Crippen LogP contribution in [0.5, 0.6) is 0 Å². The maximum absolute atomic E-state index is 12.4. The summed E-state index contributed by atoms with van der Waals surface area (Å²) in [4.78, 5) is 0. The molecule has 0 aliphatic rings. The summed E-state index contributed by atoms with van der Waals surface area (Å²) in [6.45, 7) is -0.338. The number of halogens is 3. The van der Waals surface area contributed by atoms with Crippen molar-refractivity contribution >= 4 is 11.8 Å². The Morgan fingerprint density at radius 3 is 2.59 bits per heavy atom. The van der Waals surface area contributed by atoms with Crippen LogP contribution in [0.1, 0.15) is 11.1 Å². The first-order valence-corrected chi connectivity index (χ1v) is 6.11. The number of hydrogen-bond acceptors (Lipinski definition) is 3. The fourth-order valence-electron chi connectivity index (χ4n) is 1.20. The molecule has 0 saturated carbocycles. The van der Waals surface area contributed by atoms with Crippen LogP contribution in [-0.2, 0) is 11.9 Å². The Hall–Kier alpha value is -0.720. The molecule has 1 aromatic carbocycles. The minimum absolute atomic E-state index is 0.298. The number of aliphatic hydroxyl groups excluding tert-OH is 2. The SMILES string of the molecule is OC[C@H](O)CSCc1cccc(C(F)(F)F)c1. The summed E-state index contributed by atoms with van der Waals surface area (Å²) < 4.78 is 37.2. The largest absolute Gasteiger partial charge is 0.416 e. The zero-order valence-corrected chi connectivity index (χ0v) is 9.76. The van der Waals surface area contributed by atoms with Crippen LogP contribution in [0.3, 0.4) is 0 Å². The Morgan fingerprint density at radius 2 is 2.00 bits per heavy atom. The van der Waals surface area contributed by atoms with Gasteiger partial charge in [-0.25, -0.2) is 0 Å². The van der Waals surface area contributed by atoms with Gasteiger partial charge in [0, 0.05) is 11.5 Å². The van der Waals surface area contributed by atoms with Gasteiger partial charge in [-0.05, 0) is 11.6 Å². The van der Waals surface area contributed by atoms with Crippen molar-refractivity contribution in [1.29, 1.82) is 0 Å². The summed E-state index contributed by atoms with van der Waals surface area (Å²) in [5.41, 5.74) is -0.117. The second kappa shape index (κ2) is 6.28. The van der Waals surface area contributed by atoms with Crippen molar-refractivity contribution in [2.45, 2.75) is 18.0 Å². The van der Waals surface area contributed by atoms with E-state index in [9.17, 15) is 13.2 Å². The van der Waals surface area contributed by atoms with E-state index in [0.717, 1.165) is 12.1 Å². The lowest BCUT2D eigenvalue weighted by Crippen LogP contribution is -2.14. The molecule has 17 heavy (non-hydrogen) atoms. The highest BCUT2D eigenvalue weighted by atomic mass is 32.2. The van der Waals surface area contributed by atoms with Gasteiger partial charge in [-0.3, -0.25) is 0 Å². The predicted octanol–water partition coefficient (Wildman–Crippen LogP) is 2.29. The van der Waals surface area contributed by atoms with E-state index in [1.165, 1.54) is 17.8 Å². The second-order valence-corrected chi connectivity index (χ2v) is 4.58. The van der Waals surface area contributed by atoms with E-state index in [4.69, 9.17) is 10.2 Å². The third-order valence-corrected chi connectivity index (χ3v) is 3.20. The number of rotatable bonds is 5. The highest BCUT2D eigenvalue weighted by molar-refractivity contribution is 7.98. The lowest BCUT2D eigenvalue weighted by molar-refractivity contribution is -0.137. The van der Waals surface area contributed by atoms with Crippen LogP contribution in [0.4, 0.5) is 13.2 Å². The smallest absolute Gasteiger partial charge is 0.394 e. The average Bonchev–Trinajstić information content (AvgIpc) is 2.28. The normalized spacial score (nSPS) is 13.7. The van der Waals surface area contributed by atoms with Crippen molar-refractivity contribution in [3.05, 3.63) is 35.4 Å². The number of benzene rings is 1. The van der Waals surface area contributed by atoms with E-state index in [1.807, 2.05) is 0 Å². The van der Waals surface area contributed by atoms with Gasteiger partial charge in [0.25, 0.3) is 0 Å². The van der Waals surface area contributed by atoms with Gasteiger partial charge >= 0.3 is 6.18 Å². The van der Waals surface area contributed by atoms with Gasteiger partial charge in [0.1, 0.15) is 0 Å². The number of aliphatic hydroxyl groups is 2. The van der Waals surface area contributed by atoms with Gasteiger partial charge in [0.05, 0.1) is 18.3 Å². The fraction of sp³-hybridized carbons (Fsp3) is 0.455. The molecule has 1 atom stereocenters. The standard InChI is InChI=1S/C11H13F3O2S/c12-11(13,14)9-3-1-2-8(4-9)6-17-7-10(16)5-15/h1-4,10,15-16H,5-7H2/t10-/m0/s1. The van der Waals surface area contributed by atoms with Crippen LogP contribution < -0.4 is 0 Å². The third kappa shape index (κ3) is 4.97. The van der Waals surface area contributed by atoms with Gasteiger partial charge < -0.3 is 10.2 Å². The summed E-state index contributed by atoms with van der Waals surface area (Å²) >= 11 is 1.28. The molecule has 0 radical (unpaired) electrons. The van der Waals surface area contributed by atoms with Crippen molar-refractivity contribution in [1.82, 2.24) is 0 Å². The predicted molar refractivity (Wildman–Crippen MR) is 60.7 cm³/mol. The van der Waals surface area contributed by atoms with Crippen LogP contribution in [0.2, 0.25) is 0 Å². The molecule has 2 nitrogen and oxygen atoms in total. The van der Waals surface area contributed by atoms with Gasteiger partial charge in [0.2, 0.25) is 0 Å². The Morgan fingerprint density at radius 1 is 1.29 bits per heavy atom. The monoisotopic (exact) mass is 266 g/mol. The molecule has 0 aromatic heterocycles. The molecule has 0 spiro atoms. The summed E-state index contributed by atoms with van der Waals surface area (Å²) in [5.74, 6) is 0.674. The molecule has 0 saturated heterocycles. The molecule has 0 bridgehead atoms. The van der Waals surface area contributed by atoms with E-state index < -0.39 is 17.8 Å². The van der Waals surface area contributed by atoms with Gasteiger partial charge in [-0.15, -0.1) is 0 Å². The maximum atomic E-state index is 12.4. The van der Waals surface area contributed by atoms with E-state index in [1.54, 1.807) is 6.07 Å². The Labute approximate surface area is 101 Å². The molecular formula is C11H13F3O2S. The van der Waals surface area contributed by atoms with Gasteiger partial charge in [-0.1, -0.05) is 18.2 Å². The van der Waals surface area contributed by atoms with Gasteiger partial charge in [0.15, 0.2) is 0 Å². The lowest BCUT2D eigenvalue weighted by Gasteiger charge is -2.09. The first-order valence-electron chi connectivity index (χ1n) is 4.96. The van der Waals surface area contributed by atoms with Crippen LogP contribution in [0.25, 0.3) is 0 Å². The zero-order valence-electron chi connectivity index (χ0n) is 8.94. The maximum Gasteiger partial charge on any atom is 0.416 e. The van der Waals surface area contributed by atoms with Crippen LogP contribution in [0.15, 0.2) is 24.3 Å². The van der Waals surface area contributed by atoms with Crippen molar-refractivity contribution in [2.75, 3.05) is 12.4 Å². The van der Waals surface area contributed by atoms with E-state index in [-0.39, 0.29) is 6.61 Å². The van der Waals surface area contributed by atoms with Gasteiger partial charge in [-0.2, -0.15) is 24.9 Å². The van der Waals surface area contributed by atoms with Crippen molar-refractivity contribution in [3.63, 3.8) is 0 Å². The highest BCUT2D eigenvalue weighted by Gasteiger charge is 2.30. The van der Waals surface area contributed by atoms with Crippen LogP contribution >= 0.6 is 11.8 Å². The van der Waals surface area contributed by atoms with Crippen LogP contribution in [-0.4, -0.2) is 28.7 Å². The quantitative estimate of drug-likeness (QED) is 0.859. The molecule has 1 aromatic rings. The molecule has 6 heteroatoms. The van der Waals surface area contributed by atoms with E-state index >= 15 is 0 Å². The molecule has 0 aliphatic carbocycles. The lowest BCUT2D eigenvalue weighted by atomic mass is 10.1. The van der Waals surface area contributed by atoms with Crippen LogP contribution in [0, 0.1) is 0 Å². The van der Waals surface area contributed by atoms with Crippen molar-refractivity contribution < 1.29 is 23.4 Å². The Bertz CT molecular complexity index is 355. The molecule has 0 aliphatic heterocycles. The van der Waals surface area contributed by atoms with E-state index in [2.05, 4.69) is 0 Å². The summed E-state index contributed by atoms with van der Waals surface area (Å²) in [6, 6.07) is 5.09. The molecule has 2 N–H and O–H groups in total. The number of thioether (sulfide) groups is 1. The third-order valence-electron chi connectivity index (χ3n) is 2.04. The van der Waals surface area contributed by atoms with Crippen molar-refractivity contribution in [2.24, 2.45) is 0 Å². The summed E-state index contributed by atoms with van der Waals surface area (Å²) in [6.07, 6.45) is -5.16. The molecule has 96 valence electrons. The molecule has 0 fully saturated rings. The number of alkyl halides is 3. The number of hydrogen-bond donors (Lipinski definition) is 2. The summed E-state index contributed by atoms with van der Waals surface area (Å²) in [7, 11) is 0. The first-order chi connectivity index (χ1) is 7.93. The highest BCUT2D eigenvalue weighted by Crippen LogP contribution is 2.30. The Kier molecular flexibility index (Phi) is 5.30. The minimum atomic E-state index is -4.33. The Balaban J connectivity index is 2.55. The van der Waals surface area contributed by atoms with Crippen molar-refractivity contribution in [3.8, 4) is 0 Å². The molecular weight excluding hydrogens is 253 g/mol. The topological polar surface area (TPSA) is 40.5 Å². The minimum Gasteiger partial charge on any atom is -0.394 e. The second-order valence-electron chi connectivity index (χ2n) is 3.55. The molecule has 0 amide bonds. The molecule has 1 rings (SSSR count). The van der Waals surface area contributed by atoms with E-state index in [0.29, 0.717) is 17.1 Å². The molecule has 0 unspecified atom stereocenters. The zero-order chi connectivity index (χ0) is 12.9. The molecule has 0 heterocycles. The fourth-order valence-corrected chi connectivity index (χ4v) is 2.11. The average molecular weight is 266 g/mol.